The Morgan fingerprint density at radius 2 is 1.38 bits per heavy atom. The Morgan fingerprint density at radius 3 is 1.72 bits per heavy atom. The lowest BCUT2D eigenvalue weighted by Crippen LogP contribution is -2.48. The molecule has 0 spiro atoms. The Balaban J connectivity index is 5.76. The molecule has 0 aliphatic rings. The largest absolute Gasteiger partial charge is 0.458 e. The third kappa shape index (κ3) is 8.17. The molecular formula is C22H39F3O4. The van der Waals surface area contributed by atoms with Gasteiger partial charge in [-0.2, -0.15) is 13.2 Å². The van der Waals surface area contributed by atoms with Crippen molar-refractivity contribution < 1.29 is 32.2 Å². The first-order valence-corrected chi connectivity index (χ1v) is 10.7. The van der Waals surface area contributed by atoms with Crippen LogP contribution in [0.5, 0.6) is 0 Å². The van der Waals surface area contributed by atoms with E-state index in [-0.39, 0.29) is 23.7 Å². The van der Waals surface area contributed by atoms with Crippen molar-refractivity contribution in [2.45, 2.75) is 99.3 Å². The number of esters is 2. The third-order valence-electron chi connectivity index (χ3n) is 6.05. The van der Waals surface area contributed by atoms with Crippen LogP contribution < -0.4 is 0 Å². The van der Waals surface area contributed by atoms with E-state index < -0.39 is 36.2 Å². The number of carbonyl (C=O) groups is 2. The Labute approximate surface area is 173 Å². The topological polar surface area (TPSA) is 52.6 Å². The molecule has 2 atom stereocenters. The van der Waals surface area contributed by atoms with E-state index in [0.29, 0.717) is 19.3 Å². The fourth-order valence-corrected chi connectivity index (χ4v) is 3.69. The lowest BCUT2D eigenvalue weighted by atomic mass is 9.72. The number of ether oxygens (including phenoxy) is 2. The highest BCUT2D eigenvalue weighted by Crippen LogP contribution is 2.40. The van der Waals surface area contributed by atoms with Gasteiger partial charge in [0.2, 0.25) is 0 Å². The number of halogens is 3. The molecule has 0 radical (unpaired) electrons. The first-order valence-electron chi connectivity index (χ1n) is 10.7. The van der Waals surface area contributed by atoms with Gasteiger partial charge < -0.3 is 9.47 Å². The number of hydrogen-bond donors (Lipinski definition) is 0. The standard InChI is InChI=1S/C22H39F3O4/c1-9-16(18(26)28-14-22(23,24)25)21(11-3,12-4)29-19(27)17(13-15(5)6)20(7,8)10-2/h15-17H,9-14H2,1-8H3. The van der Waals surface area contributed by atoms with Gasteiger partial charge in [-0.25, -0.2) is 0 Å². The Kier molecular flexibility index (Phi) is 10.7. The molecule has 0 aliphatic carbocycles. The Bertz CT molecular complexity index is 523. The summed E-state index contributed by atoms with van der Waals surface area (Å²) >= 11 is 0. The maximum Gasteiger partial charge on any atom is 0.422 e. The van der Waals surface area contributed by atoms with Crippen LogP contribution in [0.1, 0.15) is 87.5 Å². The molecule has 0 saturated carbocycles. The highest BCUT2D eigenvalue weighted by molar-refractivity contribution is 5.77. The number of alkyl halides is 3. The SMILES string of the molecule is CCC(C(=O)OCC(F)(F)F)C(CC)(CC)OC(=O)C(CC(C)C)C(C)(C)CC. The van der Waals surface area contributed by atoms with Gasteiger partial charge in [0.15, 0.2) is 6.61 Å². The molecule has 0 aliphatic heterocycles. The van der Waals surface area contributed by atoms with Crippen LogP contribution in [-0.4, -0.2) is 30.3 Å². The highest BCUT2D eigenvalue weighted by Gasteiger charge is 2.47. The van der Waals surface area contributed by atoms with E-state index in [9.17, 15) is 22.8 Å². The molecule has 0 fully saturated rings. The van der Waals surface area contributed by atoms with E-state index in [2.05, 4.69) is 4.74 Å². The Hall–Kier alpha value is -1.27. The van der Waals surface area contributed by atoms with E-state index >= 15 is 0 Å². The molecule has 0 aromatic rings. The van der Waals surface area contributed by atoms with Gasteiger partial charge in [-0.05, 0) is 37.0 Å². The molecule has 0 aromatic heterocycles. The maximum atomic E-state index is 13.2. The van der Waals surface area contributed by atoms with Crippen molar-refractivity contribution in [3.05, 3.63) is 0 Å². The summed E-state index contributed by atoms with van der Waals surface area (Å²) in [6.07, 6.45) is -2.34. The van der Waals surface area contributed by atoms with Crippen LogP contribution in [0.25, 0.3) is 0 Å². The summed E-state index contributed by atoms with van der Waals surface area (Å²) in [6.45, 7) is 13.7. The quantitative estimate of drug-likeness (QED) is 0.344. The minimum atomic E-state index is -4.60. The zero-order chi connectivity index (χ0) is 23.0. The molecule has 0 saturated heterocycles. The summed E-state index contributed by atoms with van der Waals surface area (Å²) in [7, 11) is 0. The average molecular weight is 425 g/mol. The van der Waals surface area contributed by atoms with Crippen molar-refractivity contribution in [2.75, 3.05) is 6.61 Å². The molecule has 0 rings (SSSR count). The van der Waals surface area contributed by atoms with Crippen LogP contribution in [0.2, 0.25) is 0 Å². The maximum absolute atomic E-state index is 13.2. The molecule has 172 valence electrons. The fourth-order valence-electron chi connectivity index (χ4n) is 3.69. The van der Waals surface area contributed by atoms with E-state index in [4.69, 9.17) is 4.74 Å². The molecule has 0 amide bonds. The lowest BCUT2D eigenvalue weighted by molar-refractivity contribution is -0.201. The van der Waals surface area contributed by atoms with Crippen molar-refractivity contribution in [1.29, 1.82) is 0 Å². The van der Waals surface area contributed by atoms with E-state index in [0.717, 1.165) is 6.42 Å². The van der Waals surface area contributed by atoms with Crippen LogP contribution in [-0.2, 0) is 19.1 Å². The van der Waals surface area contributed by atoms with Gasteiger partial charge >= 0.3 is 18.1 Å². The molecule has 4 nitrogen and oxygen atoms in total. The normalized spacial score (nSPS) is 15.2. The summed E-state index contributed by atoms with van der Waals surface area (Å²) in [6, 6.07) is 0. The Morgan fingerprint density at radius 1 is 0.862 bits per heavy atom. The van der Waals surface area contributed by atoms with Crippen LogP contribution in [0.15, 0.2) is 0 Å². The summed E-state index contributed by atoms with van der Waals surface area (Å²) in [5, 5.41) is 0. The van der Waals surface area contributed by atoms with Gasteiger partial charge in [0, 0.05) is 0 Å². The summed E-state index contributed by atoms with van der Waals surface area (Å²) in [5.41, 5.74) is -1.49. The minimum Gasteiger partial charge on any atom is -0.458 e. The molecule has 7 heteroatoms. The van der Waals surface area contributed by atoms with Crippen molar-refractivity contribution in [3.8, 4) is 0 Å². The molecule has 0 N–H and O–H groups in total. The van der Waals surface area contributed by atoms with Crippen molar-refractivity contribution >= 4 is 11.9 Å². The van der Waals surface area contributed by atoms with Gasteiger partial charge in [0.25, 0.3) is 0 Å². The molecule has 0 aromatic carbocycles. The zero-order valence-electron chi connectivity index (χ0n) is 19.2. The molecular weight excluding hydrogens is 385 g/mol. The highest BCUT2D eigenvalue weighted by atomic mass is 19.4. The molecule has 0 heterocycles. The molecule has 0 bridgehead atoms. The van der Waals surface area contributed by atoms with Gasteiger partial charge in [-0.1, -0.05) is 61.8 Å². The van der Waals surface area contributed by atoms with Crippen LogP contribution in [0, 0.1) is 23.2 Å². The predicted octanol–water partition coefficient (Wildman–Crippen LogP) is 6.32. The van der Waals surface area contributed by atoms with Gasteiger partial charge in [0.1, 0.15) is 5.60 Å². The van der Waals surface area contributed by atoms with Crippen molar-refractivity contribution in [3.63, 3.8) is 0 Å². The summed E-state index contributed by atoms with van der Waals surface area (Å²) < 4.78 is 47.9. The lowest BCUT2D eigenvalue weighted by Gasteiger charge is -2.41. The second-order valence-electron chi connectivity index (χ2n) is 8.90. The van der Waals surface area contributed by atoms with E-state index in [1.54, 1.807) is 20.8 Å². The van der Waals surface area contributed by atoms with Crippen molar-refractivity contribution in [2.24, 2.45) is 23.2 Å². The first-order chi connectivity index (χ1) is 13.2. The summed E-state index contributed by atoms with van der Waals surface area (Å²) in [4.78, 5) is 25.7. The van der Waals surface area contributed by atoms with E-state index in [1.807, 2.05) is 34.6 Å². The van der Waals surface area contributed by atoms with E-state index in [1.165, 1.54) is 0 Å². The number of hydrogen-bond acceptors (Lipinski definition) is 4. The van der Waals surface area contributed by atoms with Crippen LogP contribution in [0.4, 0.5) is 13.2 Å². The smallest absolute Gasteiger partial charge is 0.422 e. The van der Waals surface area contributed by atoms with Crippen LogP contribution >= 0.6 is 0 Å². The first kappa shape index (κ1) is 27.7. The zero-order valence-corrected chi connectivity index (χ0v) is 19.2. The fraction of sp³-hybridized carbons (Fsp3) is 0.909. The molecule has 29 heavy (non-hydrogen) atoms. The number of rotatable bonds is 12. The second kappa shape index (κ2) is 11.2. The van der Waals surface area contributed by atoms with Crippen molar-refractivity contribution in [1.82, 2.24) is 0 Å². The predicted molar refractivity (Wildman–Crippen MR) is 107 cm³/mol. The third-order valence-corrected chi connectivity index (χ3v) is 6.05. The summed E-state index contributed by atoms with van der Waals surface area (Å²) in [5.74, 6) is -2.41. The van der Waals surface area contributed by atoms with Gasteiger partial charge in [-0.15, -0.1) is 0 Å². The van der Waals surface area contributed by atoms with Gasteiger partial charge in [0.05, 0.1) is 11.8 Å². The van der Waals surface area contributed by atoms with Crippen LogP contribution in [0.3, 0.4) is 0 Å². The second-order valence-corrected chi connectivity index (χ2v) is 8.90. The average Bonchev–Trinajstić information content (AvgIpc) is 2.63. The van der Waals surface area contributed by atoms with Gasteiger partial charge in [-0.3, -0.25) is 9.59 Å². The molecule has 2 unspecified atom stereocenters. The minimum absolute atomic E-state index is 0.220. The number of carbonyl (C=O) groups excluding carboxylic acids is 2. The monoisotopic (exact) mass is 424 g/mol.